The quantitative estimate of drug-likeness (QED) is 0.895. The Kier molecular flexibility index (Phi) is 4.73. The minimum absolute atomic E-state index is 0.607. The summed E-state index contributed by atoms with van der Waals surface area (Å²) in [5.41, 5.74) is 0.937. The zero-order valence-corrected chi connectivity index (χ0v) is 13.0. The number of hydrogen-bond donors (Lipinski definition) is 1. The number of aromatic amines is 1. The Balaban J connectivity index is 1.78. The summed E-state index contributed by atoms with van der Waals surface area (Å²) in [4.78, 5) is 14.4. The highest BCUT2D eigenvalue weighted by atomic mass is 15.2. The van der Waals surface area contributed by atoms with Gasteiger partial charge >= 0.3 is 0 Å². The second kappa shape index (κ2) is 6.92. The van der Waals surface area contributed by atoms with Gasteiger partial charge in [0, 0.05) is 19.3 Å². The Labute approximate surface area is 127 Å². The highest BCUT2D eigenvalue weighted by Crippen LogP contribution is 2.27. The fraction of sp³-hybridized carbons (Fsp3) is 0.647. The molecular weight excluding hydrogens is 260 g/mol. The molecule has 2 aromatic rings. The number of rotatable bonds is 2. The van der Waals surface area contributed by atoms with Gasteiger partial charge in [0.1, 0.15) is 17.8 Å². The van der Waals surface area contributed by atoms with Crippen molar-refractivity contribution in [3.63, 3.8) is 0 Å². The van der Waals surface area contributed by atoms with Crippen molar-refractivity contribution in [3.05, 3.63) is 18.6 Å². The minimum Gasteiger partial charge on any atom is -0.356 e. The van der Waals surface area contributed by atoms with Crippen LogP contribution in [0.15, 0.2) is 18.6 Å². The minimum atomic E-state index is 0.607. The molecule has 4 heteroatoms. The Morgan fingerprint density at radius 3 is 2.38 bits per heavy atom. The topological polar surface area (TPSA) is 44.8 Å². The zero-order chi connectivity index (χ0) is 14.5. The Morgan fingerprint density at radius 2 is 1.67 bits per heavy atom. The molecule has 0 unspecified atom stereocenters. The molecule has 0 aliphatic heterocycles. The summed E-state index contributed by atoms with van der Waals surface area (Å²) in [6.45, 7) is 0. The van der Waals surface area contributed by atoms with E-state index in [2.05, 4.69) is 33.0 Å². The van der Waals surface area contributed by atoms with Crippen LogP contribution in [0.1, 0.15) is 57.8 Å². The first-order chi connectivity index (χ1) is 10.4. The van der Waals surface area contributed by atoms with Crippen molar-refractivity contribution < 1.29 is 0 Å². The molecular formula is C17H26N4. The van der Waals surface area contributed by atoms with Crippen LogP contribution in [0.25, 0.3) is 11.0 Å². The maximum Gasteiger partial charge on any atom is 0.142 e. The lowest BCUT2D eigenvalue weighted by atomic mass is 9.96. The standard InChI is InChI=1S/C17H26N4/c1-21(14-9-7-5-3-2-4-6-8-10-14)17-15-11-12-18-16(15)19-13-20-17/h11-14H,2-10H2,1H3,(H,18,19,20). The molecule has 0 saturated heterocycles. The third kappa shape index (κ3) is 3.36. The number of H-pyrrole nitrogens is 1. The summed E-state index contributed by atoms with van der Waals surface area (Å²) in [5.74, 6) is 1.07. The lowest BCUT2D eigenvalue weighted by Gasteiger charge is -2.30. The number of hydrogen-bond acceptors (Lipinski definition) is 3. The number of nitrogens with zero attached hydrogens (tertiary/aromatic N) is 3. The van der Waals surface area contributed by atoms with Crippen LogP contribution < -0.4 is 4.90 Å². The molecule has 21 heavy (non-hydrogen) atoms. The molecule has 2 aromatic heterocycles. The van der Waals surface area contributed by atoms with Crippen molar-refractivity contribution in [1.82, 2.24) is 15.0 Å². The molecule has 0 bridgehead atoms. The van der Waals surface area contributed by atoms with E-state index in [0.29, 0.717) is 6.04 Å². The summed E-state index contributed by atoms with van der Waals surface area (Å²) in [6, 6.07) is 2.69. The Bertz CT molecular complexity index is 553. The van der Waals surface area contributed by atoms with Crippen molar-refractivity contribution in [2.45, 2.75) is 63.8 Å². The van der Waals surface area contributed by atoms with Gasteiger partial charge in [0.05, 0.1) is 5.39 Å². The molecule has 0 aromatic carbocycles. The van der Waals surface area contributed by atoms with Crippen molar-refractivity contribution in [1.29, 1.82) is 0 Å². The van der Waals surface area contributed by atoms with Crippen LogP contribution in [0.3, 0.4) is 0 Å². The highest BCUT2D eigenvalue weighted by molar-refractivity contribution is 5.87. The third-order valence-corrected chi connectivity index (χ3v) is 4.79. The summed E-state index contributed by atoms with van der Waals surface area (Å²) >= 11 is 0. The largest absolute Gasteiger partial charge is 0.356 e. The zero-order valence-electron chi connectivity index (χ0n) is 13.0. The molecule has 0 spiro atoms. The van der Waals surface area contributed by atoms with Gasteiger partial charge in [-0.15, -0.1) is 0 Å². The lowest BCUT2D eigenvalue weighted by Crippen LogP contribution is -2.32. The number of anilines is 1. The van der Waals surface area contributed by atoms with Crippen LogP contribution in [0.2, 0.25) is 0 Å². The van der Waals surface area contributed by atoms with E-state index in [1.54, 1.807) is 6.33 Å². The van der Waals surface area contributed by atoms with E-state index in [1.807, 2.05) is 6.20 Å². The average Bonchev–Trinajstić information content (AvgIpc) is 3.00. The van der Waals surface area contributed by atoms with E-state index in [0.717, 1.165) is 16.9 Å². The van der Waals surface area contributed by atoms with Crippen LogP contribution in [-0.4, -0.2) is 28.0 Å². The first kappa shape index (κ1) is 14.4. The third-order valence-electron chi connectivity index (χ3n) is 4.79. The second-order valence-electron chi connectivity index (χ2n) is 6.25. The van der Waals surface area contributed by atoms with Crippen molar-refractivity contribution in [3.8, 4) is 0 Å². The highest BCUT2D eigenvalue weighted by Gasteiger charge is 2.19. The molecule has 0 radical (unpaired) electrons. The average molecular weight is 286 g/mol. The van der Waals surface area contributed by atoms with E-state index in [1.165, 1.54) is 57.8 Å². The van der Waals surface area contributed by atoms with Crippen LogP contribution in [0.5, 0.6) is 0 Å². The normalized spacial score (nSPS) is 18.7. The van der Waals surface area contributed by atoms with E-state index < -0.39 is 0 Å². The van der Waals surface area contributed by atoms with E-state index in [9.17, 15) is 0 Å². The van der Waals surface area contributed by atoms with Gasteiger partial charge in [0.25, 0.3) is 0 Å². The predicted octanol–water partition coefficient (Wildman–Crippen LogP) is 4.29. The second-order valence-corrected chi connectivity index (χ2v) is 6.25. The van der Waals surface area contributed by atoms with Gasteiger partial charge in [-0.1, -0.05) is 44.9 Å². The summed E-state index contributed by atoms with van der Waals surface area (Å²) < 4.78 is 0. The molecule has 2 heterocycles. The van der Waals surface area contributed by atoms with Crippen LogP contribution in [0.4, 0.5) is 5.82 Å². The smallest absolute Gasteiger partial charge is 0.142 e. The summed E-state index contributed by atoms with van der Waals surface area (Å²) in [7, 11) is 2.20. The predicted molar refractivity (Wildman–Crippen MR) is 87.6 cm³/mol. The van der Waals surface area contributed by atoms with E-state index in [-0.39, 0.29) is 0 Å². The van der Waals surface area contributed by atoms with Gasteiger partial charge in [-0.3, -0.25) is 0 Å². The first-order valence-corrected chi connectivity index (χ1v) is 8.37. The van der Waals surface area contributed by atoms with Crippen molar-refractivity contribution in [2.75, 3.05) is 11.9 Å². The molecule has 3 rings (SSSR count). The van der Waals surface area contributed by atoms with Crippen LogP contribution in [0, 0.1) is 0 Å². The van der Waals surface area contributed by atoms with Gasteiger partial charge in [-0.2, -0.15) is 0 Å². The number of aromatic nitrogens is 3. The molecule has 1 fully saturated rings. The monoisotopic (exact) mass is 286 g/mol. The SMILES string of the molecule is CN(c1ncnc2[nH]ccc12)C1CCCCCCCCC1. The van der Waals surface area contributed by atoms with Crippen molar-refractivity contribution >= 4 is 16.9 Å². The molecule has 1 saturated carbocycles. The first-order valence-electron chi connectivity index (χ1n) is 8.37. The molecule has 4 nitrogen and oxygen atoms in total. The van der Waals surface area contributed by atoms with Gasteiger partial charge in [0.2, 0.25) is 0 Å². The van der Waals surface area contributed by atoms with Gasteiger partial charge < -0.3 is 9.88 Å². The van der Waals surface area contributed by atoms with Crippen LogP contribution in [-0.2, 0) is 0 Å². The molecule has 0 atom stereocenters. The van der Waals surface area contributed by atoms with Gasteiger partial charge in [0.15, 0.2) is 0 Å². The van der Waals surface area contributed by atoms with Crippen molar-refractivity contribution in [2.24, 2.45) is 0 Å². The number of fused-ring (bicyclic) bond motifs is 1. The Hall–Kier alpha value is -1.58. The van der Waals surface area contributed by atoms with Crippen LogP contribution >= 0.6 is 0 Å². The maximum absolute atomic E-state index is 4.55. The fourth-order valence-electron chi connectivity index (χ4n) is 3.49. The maximum atomic E-state index is 4.55. The summed E-state index contributed by atoms with van der Waals surface area (Å²) in [6.07, 6.45) is 15.9. The molecule has 1 N–H and O–H groups in total. The molecule has 0 amide bonds. The van der Waals surface area contributed by atoms with E-state index in [4.69, 9.17) is 0 Å². The molecule has 1 aliphatic carbocycles. The Morgan fingerprint density at radius 1 is 1.00 bits per heavy atom. The van der Waals surface area contributed by atoms with E-state index >= 15 is 0 Å². The molecule has 114 valence electrons. The fourth-order valence-corrected chi connectivity index (χ4v) is 3.49. The number of nitrogens with one attached hydrogen (secondary N) is 1. The lowest BCUT2D eigenvalue weighted by molar-refractivity contribution is 0.448. The summed E-state index contributed by atoms with van der Waals surface area (Å²) in [5, 5.41) is 1.14. The van der Waals surface area contributed by atoms with Gasteiger partial charge in [-0.05, 0) is 18.9 Å². The molecule has 1 aliphatic rings. The van der Waals surface area contributed by atoms with Gasteiger partial charge in [-0.25, -0.2) is 9.97 Å².